The van der Waals surface area contributed by atoms with Gasteiger partial charge in [0, 0.05) is 17.3 Å². The van der Waals surface area contributed by atoms with Crippen molar-refractivity contribution in [3.8, 4) is 0 Å². The lowest BCUT2D eigenvalue weighted by Gasteiger charge is -2.25. The van der Waals surface area contributed by atoms with Gasteiger partial charge in [0.25, 0.3) is 21.5 Å². The van der Waals surface area contributed by atoms with Crippen molar-refractivity contribution in [2.45, 2.75) is 75.8 Å². The quantitative estimate of drug-likeness (QED) is 0.630. The number of fused-ring (bicyclic) bond motifs is 1. The highest BCUT2D eigenvalue weighted by Gasteiger charge is 2.28. The Balaban J connectivity index is 1.57. The molecule has 1 amide bonds. The summed E-state index contributed by atoms with van der Waals surface area (Å²) >= 11 is 0. The van der Waals surface area contributed by atoms with Gasteiger partial charge in [0.2, 0.25) is 0 Å². The number of carbonyl (C=O) groups is 1. The number of sulfonamides is 1. The van der Waals surface area contributed by atoms with Crippen LogP contribution in [0.5, 0.6) is 0 Å². The summed E-state index contributed by atoms with van der Waals surface area (Å²) < 4.78 is 27.5. The second-order valence-electron chi connectivity index (χ2n) is 8.58. The van der Waals surface area contributed by atoms with Crippen LogP contribution in [-0.2, 0) is 34.2 Å². The highest BCUT2D eigenvalue weighted by molar-refractivity contribution is 7.89. The summed E-state index contributed by atoms with van der Waals surface area (Å²) in [5, 5.41) is 0. The summed E-state index contributed by atoms with van der Waals surface area (Å²) in [6, 6.07) is 6.06. The van der Waals surface area contributed by atoms with E-state index in [1.807, 2.05) is 6.92 Å². The minimum Gasteiger partial charge on any atom is -0.288 e. The van der Waals surface area contributed by atoms with Crippen molar-refractivity contribution in [2.24, 2.45) is 0 Å². The van der Waals surface area contributed by atoms with Gasteiger partial charge in [0.15, 0.2) is 0 Å². The van der Waals surface area contributed by atoms with Gasteiger partial charge in [-0.15, -0.1) is 4.83 Å². The summed E-state index contributed by atoms with van der Waals surface area (Å²) in [5.41, 5.74) is 3.57. The molecule has 9 nitrogen and oxygen atoms in total. The Morgan fingerprint density at radius 2 is 1.72 bits per heavy atom. The van der Waals surface area contributed by atoms with E-state index in [0.717, 1.165) is 44.1 Å². The zero-order valence-corrected chi connectivity index (χ0v) is 18.9. The third-order valence-corrected chi connectivity index (χ3v) is 7.59. The number of benzene rings is 1. The van der Waals surface area contributed by atoms with Crippen molar-refractivity contribution in [1.82, 2.24) is 19.4 Å². The summed E-state index contributed by atoms with van der Waals surface area (Å²) in [4.78, 5) is 40.9. The van der Waals surface area contributed by atoms with Crippen LogP contribution in [0.2, 0.25) is 0 Å². The molecule has 1 saturated carbocycles. The fraction of sp³-hybridized carbons (Fsp3) is 0.500. The molecule has 0 aliphatic heterocycles. The van der Waals surface area contributed by atoms with Crippen LogP contribution in [0.1, 0.15) is 61.4 Å². The molecule has 2 aliphatic carbocycles. The molecule has 32 heavy (non-hydrogen) atoms. The molecule has 0 bridgehead atoms. The van der Waals surface area contributed by atoms with Gasteiger partial charge < -0.3 is 0 Å². The minimum atomic E-state index is -3.94. The average Bonchev–Trinajstić information content (AvgIpc) is 3.27. The van der Waals surface area contributed by atoms with Crippen molar-refractivity contribution in [1.29, 1.82) is 0 Å². The van der Waals surface area contributed by atoms with Crippen molar-refractivity contribution in [3.63, 3.8) is 0 Å². The fourth-order valence-corrected chi connectivity index (χ4v) is 5.50. The lowest BCUT2D eigenvalue weighted by Crippen LogP contribution is -2.48. The Hall–Kier alpha value is -2.72. The number of aryl methyl sites for hydroxylation is 1. The Kier molecular flexibility index (Phi) is 6.34. The van der Waals surface area contributed by atoms with Crippen molar-refractivity contribution >= 4 is 15.9 Å². The van der Waals surface area contributed by atoms with E-state index in [9.17, 15) is 22.8 Å². The summed E-state index contributed by atoms with van der Waals surface area (Å²) in [7, 11) is -3.94. The maximum absolute atomic E-state index is 13.2. The fourth-order valence-electron chi connectivity index (χ4n) is 4.64. The molecule has 172 valence electrons. The molecule has 10 heteroatoms. The van der Waals surface area contributed by atoms with Crippen LogP contribution in [0.25, 0.3) is 0 Å². The summed E-state index contributed by atoms with van der Waals surface area (Å²) in [6.07, 6.45) is 6.46. The van der Waals surface area contributed by atoms with E-state index in [1.165, 1.54) is 21.3 Å². The smallest absolute Gasteiger partial charge is 0.288 e. The first-order chi connectivity index (χ1) is 15.3. The Morgan fingerprint density at radius 3 is 2.41 bits per heavy atom. The van der Waals surface area contributed by atoms with Crippen LogP contribution in [0.3, 0.4) is 0 Å². The summed E-state index contributed by atoms with van der Waals surface area (Å²) in [6.45, 7) is 1.49. The lowest BCUT2D eigenvalue weighted by atomic mass is 9.95. The van der Waals surface area contributed by atoms with Gasteiger partial charge in [-0.25, -0.2) is 13.2 Å². The van der Waals surface area contributed by atoms with E-state index in [1.54, 1.807) is 12.1 Å². The Labute approximate surface area is 186 Å². The van der Waals surface area contributed by atoms with Crippen LogP contribution in [-0.4, -0.2) is 23.5 Å². The number of hydrazine groups is 1. The number of carbonyl (C=O) groups excluding carboxylic acids is 1. The highest BCUT2D eigenvalue weighted by atomic mass is 32.2. The van der Waals surface area contributed by atoms with Crippen molar-refractivity contribution in [2.75, 3.05) is 0 Å². The number of amides is 1. The molecule has 4 rings (SSSR count). The van der Waals surface area contributed by atoms with Crippen LogP contribution in [0.15, 0.2) is 38.8 Å². The molecule has 1 aromatic carbocycles. The molecule has 2 N–H and O–H groups in total. The first-order valence-electron chi connectivity index (χ1n) is 11.0. The predicted octanol–water partition coefficient (Wildman–Crippen LogP) is 1.32. The molecule has 0 radical (unpaired) electrons. The van der Waals surface area contributed by atoms with E-state index < -0.39 is 21.6 Å². The Bertz CT molecular complexity index is 1240. The standard InChI is InChI=1S/C22H28N4O5S/c1-15-10-12-17(13-11-15)32(30,31)24-23-20(27)14-25-19-9-5-8-18(19)21(28)26(22(25)29)16-6-3-2-4-7-16/h10-13,16,24H,2-9,14H2,1H3,(H,23,27). The third kappa shape index (κ3) is 4.42. The number of nitrogens with one attached hydrogen (secondary N) is 2. The number of rotatable bonds is 6. The van der Waals surface area contributed by atoms with Gasteiger partial charge in [0.1, 0.15) is 6.54 Å². The van der Waals surface area contributed by atoms with Gasteiger partial charge >= 0.3 is 5.69 Å². The monoisotopic (exact) mass is 460 g/mol. The molecule has 1 heterocycles. The molecule has 2 aliphatic rings. The van der Waals surface area contributed by atoms with Crippen LogP contribution < -0.4 is 21.5 Å². The molecular formula is C22H28N4O5S. The number of hydrogen-bond acceptors (Lipinski definition) is 5. The van der Waals surface area contributed by atoms with Gasteiger partial charge in [-0.2, -0.15) is 0 Å². The second-order valence-corrected chi connectivity index (χ2v) is 10.3. The van der Waals surface area contributed by atoms with Crippen LogP contribution >= 0.6 is 0 Å². The first-order valence-corrected chi connectivity index (χ1v) is 12.5. The van der Waals surface area contributed by atoms with E-state index in [2.05, 4.69) is 10.3 Å². The maximum Gasteiger partial charge on any atom is 0.331 e. The van der Waals surface area contributed by atoms with Gasteiger partial charge in [-0.3, -0.25) is 24.1 Å². The summed E-state index contributed by atoms with van der Waals surface area (Å²) in [5.74, 6) is -0.675. The third-order valence-electron chi connectivity index (χ3n) is 6.33. The van der Waals surface area contributed by atoms with Crippen molar-refractivity contribution in [3.05, 3.63) is 61.9 Å². The minimum absolute atomic E-state index is 0.0207. The predicted molar refractivity (Wildman–Crippen MR) is 119 cm³/mol. The molecular weight excluding hydrogens is 432 g/mol. The first kappa shape index (κ1) is 22.5. The molecule has 1 aromatic heterocycles. The van der Waals surface area contributed by atoms with Crippen molar-refractivity contribution < 1.29 is 13.2 Å². The van der Waals surface area contributed by atoms with Crippen LogP contribution in [0.4, 0.5) is 0 Å². The topological polar surface area (TPSA) is 119 Å². The van der Waals surface area contributed by atoms with E-state index in [-0.39, 0.29) is 23.0 Å². The highest BCUT2D eigenvalue weighted by Crippen LogP contribution is 2.27. The zero-order chi connectivity index (χ0) is 22.9. The Morgan fingerprint density at radius 1 is 1.03 bits per heavy atom. The normalized spacial score (nSPS) is 16.7. The van der Waals surface area contributed by atoms with Gasteiger partial charge in [-0.05, 0) is 51.2 Å². The SMILES string of the molecule is Cc1ccc(S(=O)(=O)NNC(=O)Cn2c3c(c(=O)n(C4CCCCC4)c2=O)CCC3)cc1. The molecule has 1 fully saturated rings. The average molecular weight is 461 g/mol. The van der Waals surface area contributed by atoms with Gasteiger partial charge in [-0.1, -0.05) is 37.0 Å². The lowest BCUT2D eigenvalue weighted by molar-refractivity contribution is -0.122. The molecule has 0 unspecified atom stereocenters. The number of aromatic nitrogens is 2. The zero-order valence-electron chi connectivity index (χ0n) is 18.1. The number of hydrogen-bond donors (Lipinski definition) is 2. The van der Waals surface area contributed by atoms with E-state index in [0.29, 0.717) is 24.1 Å². The molecule has 0 spiro atoms. The van der Waals surface area contributed by atoms with E-state index in [4.69, 9.17) is 0 Å². The maximum atomic E-state index is 13.2. The van der Waals surface area contributed by atoms with Crippen LogP contribution in [0, 0.1) is 6.92 Å². The second kappa shape index (κ2) is 9.03. The number of nitrogens with zero attached hydrogens (tertiary/aromatic N) is 2. The largest absolute Gasteiger partial charge is 0.331 e. The molecule has 0 atom stereocenters. The molecule has 2 aromatic rings. The molecule has 0 saturated heterocycles. The van der Waals surface area contributed by atoms with E-state index >= 15 is 0 Å². The van der Waals surface area contributed by atoms with Gasteiger partial charge in [0.05, 0.1) is 4.90 Å².